The fourth-order valence-corrected chi connectivity index (χ4v) is 2.26. The van der Waals surface area contributed by atoms with E-state index in [4.69, 9.17) is 4.74 Å². The van der Waals surface area contributed by atoms with Crippen molar-refractivity contribution in [3.05, 3.63) is 69.3 Å². The topological polar surface area (TPSA) is 81.5 Å². The Bertz CT molecular complexity index is 726. The standard InChI is InChI=1S/C17H18N2O4/c1-11-10-14(6-9-16(11)19(21)22)17(20)18-12(2)13-4-7-15(23-3)8-5-13/h4-10,12H,1-3H3,(H,18,20). The summed E-state index contributed by atoms with van der Waals surface area (Å²) in [6, 6.07) is 11.6. The van der Waals surface area contributed by atoms with Crippen LogP contribution < -0.4 is 10.1 Å². The van der Waals surface area contributed by atoms with Gasteiger partial charge in [0.15, 0.2) is 0 Å². The normalized spacial score (nSPS) is 11.6. The average molecular weight is 314 g/mol. The third-order valence-corrected chi connectivity index (χ3v) is 3.62. The van der Waals surface area contributed by atoms with Gasteiger partial charge in [0, 0.05) is 17.2 Å². The molecule has 0 bridgehead atoms. The lowest BCUT2D eigenvalue weighted by Gasteiger charge is -2.15. The zero-order chi connectivity index (χ0) is 17.0. The number of methoxy groups -OCH3 is 1. The van der Waals surface area contributed by atoms with E-state index in [1.807, 2.05) is 31.2 Å². The molecule has 1 atom stereocenters. The Hall–Kier alpha value is -2.89. The molecule has 1 N–H and O–H groups in total. The van der Waals surface area contributed by atoms with Crippen LogP contribution in [0.5, 0.6) is 5.75 Å². The molecule has 0 fully saturated rings. The summed E-state index contributed by atoms with van der Waals surface area (Å²) < 4.78 is 5.10. The maximum atomic E-state index is 12.3. The van der Waals surface area contributed by atoms with Crippen LogP contribution in [-0.4, -0.2) is 17.9 Å². The number of nitro benzene ring substituents is 1. The highest BCUT2D eigenvalue weighted by molar-refractivity contribution is 5.95. The SMILES string of the molecule is COc1ccc(C(C)NC(=O)c2ccc([N+](=O)[O-])c(C)c2)cc1. The molecule has 0 saturated heterocycles. The third kappa shape index (κ3) is 3.85. The largest absolute Gasteiger partial charge is 0.497 e. The molecule has 2 rings (SSSR count). The Balaban J connectivity index is 2.11. The van der Waals surface area contributed by atoms with E-state index in [1.165, 1.54) is 18.2 Å². The fourth-order valence-electron chi connectivity index (χ4n) is 2.26. The lowest BCUT2D eigenvalue weighted by molar-refractivity contribution is -0.385. The number of nitro groups is 1. The van der Waals surface area contributed by atoms with Crippen molar-refractivity contribution < 1.29 is 14.5 Å². The molecule has 1 unspecified atom stereocenters. The quantitative estimate of drug-likeness (QED) is 0.677. The van der Waals surface area contributed by atoms with Crippen molar-refractivity contribution in [2.45, 2.75) is 19.9 Å². The molecular formula is C17H18N2O4. The van der Waals surface area contributed by atoms with Crippen LogP contribution in [-0.2, 0) is 0 Å². The van der Waals surface area contributed by atoms with Crippen molar-refractivity contribution in [3.63, 3.8) is 0 Å². The Kier molecular flexibility index (Phi) is 4.95. The van der Waals surface area contributed by atoms with Crippen molar-refractivity contribution in [2.24, 2.45) is 0 Å². The molecule has 120 valence electrons. The number of carbonyl (C=O) groups is 1. The number of benzene rings is 2. The number of hydrogen-bond donors (Lipinski definition) is 1. The van der Waals surface area contributed by atoms with Crippen LogP contribution in [0.2, 0.25) is 0 Å². The highest BCUT2D eigenvalue weighted by atomic mass is 16.6. The molecule has 0 spiro atoms. The molecule has 6 heteroatoms. The van der Waals surface area contributed by atoms with Crippen LogP contribution in [0.4, 0.5) is 5.69 Å². The summed E-state index contributed by atoms with van der Waals surface area (Å²) in [4.78, 5) is 22.6. The van der Waals surface area contributed by atoms with Crippen molar-refractivity contribution in [2.75, 3.05) is 7.11 Å². The van der Waals surface area contributed by atoms with E-state index in [1.54, 1.807) is 14.0 Å². The Morgan fingerprint density at radius 2 is 1.87 bits per heavy atom. The van der Waals surface area contributed by atoms with E-state index in [9.17, 15) is 14.9 Å². The van der Waals surface area contributed by atoms with Gasteiger partial charge in [-0.25, -0.2) is 0 Å². The van der Waals surface area contributed by atoms with Crippen LogP contribution in [0.25, 0.3) is 0 Å². The third-order valence-electron chi connectivity index (χ3n) is 3.62. The van der Waals surface area contributed by atoms with Crippen LogP contribution in [0, 0.1) is 17.0 Å². The van der Waals surface area contributed by atoms with Gasteiger partial charge < -0.3 is 10.1 Å². The molecule has 2 aromatic carbocycles. The number of carbonyl (C=O) groups excluding carboxylic acids is 1. The summed E-state index contributed by atoms with van der Waals surface area (Å²) in [7, 11) is 1.59. The lowest BCUT2D eigenvalue weighted by atomic mass is 10.1. The molecule has 1 amide bonds. The molecule has 0 aliphatic rings. The predicted molar refractivity (Wildman–Crippen MR) is 86.7 cm³/mol. The number of amides is 1. The van der Waals surface area contributed by atoms with Gasteiger partial charge in [0.1, 0.15) is 5.75 Å². The number of aryl methyl sites for hydroxylation is 1. The second kappa shape index (κ2) is 6.91. The second-order valence-corrected chi connectivity index (χ2v) is 5.23. The summed E-state index contributed by atoms with van der Waals surface area (Å²) in [5, 5.41) is 13.7. The number of hydrogen-bond acceptors (Lipinski definition) is 4. The summed E-state index contributed by atoms with van der Waals surface area (Å²) in [5.41, 5.74) is 1.80. The van der Waals surface area contributed by atoms with E-state index in [-0.39, 0.29) is 17.6 Å². The zero-order valence-electron chi connectivity index (χ0n) is 13.2. The minimum absolute atomic E-state index is 0.00440. The van der Waals surface area contributed by atoms with E-state index in [0.717, 1.165) is 11.3 Å². The Labute approximate surface area is 134 Å². The van der Waals surface area contributed by atoms with Gasteiger partial charge in [0.25, 0.3) is 11.6 Å². The second-order valence-electron chi connectivity index (χ2n) is 5.23. The molecule has 0 radical (unpaired) electrons. The van der Waals surface area contributed by atoms with Crippen molar-refractivity contribution in [1.29, 1.82) is 0 Å². The summed E-state index contributed by atoms with van der Waals surface area (Å²) in [6.45, 7) is 3.49. The minimum atomic E-state index is -0.461. The molecule has 0 heterocycles. The first-order valence-corrected chi connectivity index (χ1v) is 7.12. The monoisotopic (exact) mass is 314 g/mol. The van der Waals surface area contributed by atoms with Crippen LogP contribution >= 0.6 is 0 Å². The molecule has 0 aromatic heterocycles. The first kappa shape index (κ1) is 16.5. The smallest absolute Gasteiger partial charge is 0.272 e. The molecule has 2 aromatic rings. The van der Waals surface area contributed by atoms with Gasteiger partial charge >= 0.3 is 0 Å². The van der Waals surface area contributed by atoms with Crippen molar-refractivity contribution in [3.8, 4) is 5.75 Å². The molecule has 0 saturated carbocycles. The summed E-state index contributed by atoms with van der Waals surface area (Å²) >= 11 is 0. The van der Waals surface area contributed by atoms with E-state index < -0.39 is 4.92 Å². The van der Waals surface area contributed by atoms with Gasteiger partial charge in [-0.15, -0.1) is 0 Å². The van der Waals surface area contributed by atoms with Gasteiger partial charge in [-0.2, -0.15) is 0 Å². The van der Waals surface area contributed by atoms with E-state index >= 15 is 0 Å². The van der Waals surface area contributed by atoms with Gasteiger partial charge in [0.2, 0.25) is 0 Å². The Morgan fingerprint density at radius 3 is 2.39 bits per heavy atom. The molecule has 23 heavy (non-hydrogen) atoms. The minimum Gasteiger partial charge on any atom is -0.497 e. The molecule has 0 aliphatic heterocycles. The van der Waals surface area contributed by atoms with E-state index in [2.05, 4.69) is 5.32 Å². The van der Waals surface area contributed by atoms with Gasteiger partial charge in [-0.1, -0.05) is 12.1 Å². The van der Waals surface area contributed by atoms with Gasteiger partial charge in [-0.3, -0.25) is 14.9 Å². The average Bonchev–Trinajstić information content (AvgIpc) is 2.54. The van der Waals surface area contributed by atoms with Crippen molar-refractivity contribution in [1.82, 2.24) is 5.32 Å². The number of rotatable bonds is 5. The first-order chi connectivity index (χ1) is 10.9. The highest BCUT2D eigenvalue weighted by Gasteiger charge is 2.15. The fraction of sp³-hybridized carbons (Fsp3) is 0.235. The highest BCUT2D eigenvalue weighted by Crippen LogP contribution is 2.20. The summed E-state index contributed by atoms with van der Waals surface area (Å²) in [6.07, 6.45) is 0. The molecule has 0 aliphatic carbocycles. The molecule has 6 nitrogen and oxygen atoms in total. The van der Waals surface area contributed by atoms with E-state index in [0.29, 0.717) is 11.1 Å². The van der Waals surface area contributed by atoms with Gasteiger partial charge in [-0.05, 0) is 43.7 Å². The number of nitrogens with one attached hydrogen (secondary N) is 1. The number of ether oxygens (including phenoxy) is 1. The predicted octanol–water partition coefficient (Wildman–Crippen LogP) is 3.40. The van der Waals surface area contributed by atoms with Gasteiger partial charge in [0.05, 0.1) is 18.1 Å². The van der Waals surface area contributed by atoms with Crippen LogP contribution in [0.3, 0.4) is 0 Å². The lowest BCUT2D eigenvalue weighted by Crippen LogP contribution is -2.26. The first-order valence-electron chi connectivity index (χ1n) is 7.12. The van der Waals surface area contributed by atoms with Crippen LogP contribution in [0.1, 0.15) is 34.5 Å². The maximum Gasteiger partial charge on any atom is 0.272 e. The zero-order valence-corrected chi connectivity index (χ0v) is 13.2. The maximum absolute atomic E-state index is 12.3. The summed E-state index contributed by atoms with van der Waals surface area (Å²) in [5.74, 6) is 0.476. The van der Waals surface area contributed by atoms with Crippen LogP contribution in [0.15, 0.2) is 42.5 Å². The van der Waals surface area contributed by atoms with Crippen molar-refractivity contribution >= 4 is 11.6 Å². The number of nitrogens with zero attached hydrogens (tertiary/aromatic N) is 1. The molecular weight excluding hydrogens is 296 g/mol. The Morgan fingerprint density at radius 1 is 1.22 bits per heavy atom.